The van der Waals surface area contributed by atoms with E-state index in [1.165, 1.54) is 22.3 Å². The molecule has 2 N–H and O–H groups in total. The summed E-state index contributed by atoms with van der Waals surface area (Å²) in [6.45, 7) is 2.93. The van der Waals surface area contributed by atoms with Crippen molar-refractivity contribution in [3.05, 3.63) is 53.6 Å². The standard InChI is InChI=1S/C18H21NO/c1-2-17(19)15-8-3-7-14(12-15)16-10-4-6-13-9-5-11-20-18(13)16/h3-4,6-8,10,12,17H,2,5,9,11,19H2,1H3. The minimum atomic E-state index is 0.107. The minimum Gasteiger partial charge on any atom is -0.493 e. The van der Waals surface area contributed by atoms with Gasteiger partial charge in [0.05, 0.1) is 6.61 Å². The molecule has 0 bridgehead atoms. The third-order valence-electron chi connectivity index (χ3n) is 4.00. The van der Waals surface area contributed by atoms with E-state index in [2.05, 4.69) is 49.4 Å². The van der Waals surface area contributed by atoms with Crippen LogP contribution in [0.1, 0.15) is 36.9 Å². The Balaban J connectivity index is 2.05. The largest absolute Gasteiger partial charge is 0.493 e. The summed E-state index contributed by atoms with van der Waals surface area (Å²) in [5, 5.41) is 0. The zero-order valence-electron chi connectivity index (χ0n) is 11.9. The second kappa shape index (κ2) is 5.68. The van der Waals surface area contributed by atoms with Gasteiger partial charge in [-0.25, -0.2) is 0 Å². The summed E-state index contributed by atoms with van der Waals surface area (Å²) in [5.74, 6) is 1.06. The van der Waals surface area contributed by atoms with Crippen molar-refractivity contribution in [1.82, 2.24) is 0 Å². The van der Waals surface area contributed by atoms with Gasteiger partial charge >= 0.3 is 0 Å². The number of ether oxygens (including phenoxy) is 1. The normalized spacial score (nSPS) is 15.3. The molecule has 1 atom stereocenters. The Bertz CT molecular complexity index is 606. The van der Waals surface area contributed by atoms with Gasteiger partial charge in [0, 0.05) is 11.6 Å². The van der Waals surface area contributed by atoms with Crippen LogP contribution >= 0.6 is 0 Å². The molecular formula is C18H21NO. The molecule has 20 heavy (non-hydrogen) atoms. The van der Waals surface area contributed by atoms with E-state index in [4.69, 9.17) is 10.5 Å². The zero-order valence-corrected chi connectivity index (χ0v) is 11.9. The summed E-state index contributed by atoms with van der Waals surface area (Å²) in [7, 11) is 0. The minimum absolute atomic E-state index is 0.107. The molecule has 2 aromatic carbocycles. The SMILES string of the molecule is CCC(N)c1cccc(-c2cccc3c2OCCC3)c1. The maximum atomic E-state index is 6.15. The lowest BCUT2D eigenvalue weighted by molar-refractivity contribution is 0.289. The molecule has 1 aliphatic rings. The average molecular weight is 267 g/mol. The monoisotopic (exact) mass is 267 g/mol. The number of rotatable bonds is 3. The first kappa shape index (κ1) is 13.2. The van der Waals surface area contributed by atoms with Gasteiger partial charge in [0.25, 0.3) is 0 Å². The molecule has 0 aromatic heterocycles. The maximum absolute atomic E-state index is 6.15. The quantitative estimate of drug-likeness (QED) is 0.909. The van der Waals surface area contributed by atoms with E-state index < -0.39 is 0 Å². The summed E-state index contributed by atoms with van der Waals surface area (Å²) < 4.78 is 5.90. The van der Waals surface area contributed by atoms with Crippen molar-refractivity contribution in [2.24, 2.45) is 5.73 Å². The molecule has 1 aliphatic heterocycles. The molecule has 2 heteroatoms. The third kappa shape index (κ3) is 2.44. The first-order valence-electron chi connectivity index (χ1n) is 7.40. The van der Waals surface area contributed by atoms with E-state index in [0.29, 0.717) is 0 Å². The first-order chi connectivity index (χ1) is 9.79. The highest BCUT2D eigenvalue weighted by atomic mass is 16.5. The number of benzene rings is 2. The predicted molar refractivity (Wildman–Crippen MR) is 82.9 cm³/mol. The van der Waals surface area contributed by atoms with E-state index in [-0.39, 0.29) is 6.04 Å². The van der Waals surface area contributed by atoms with Gasteiger partial charge in [-0.15, -0.1) is 0 Å². The van der Waals surface area contributed by atoms with Crippen LogP contribution < -0.4 is 10.5 Å². The fraction of sp³-hybridized carbons (Fsp3) is 0.333. The molecule has 0 spiro atoms. The first-order valence-corrected chi connectivity index (χ1v) is 7.40. The van der Waals surface area contributed by atoms with Crippen LogP contribution in [0.4, 0.5) is 0 Å². The van der Waals surface area contributed by atoms with Crippen molar-refractivity contribution >= 4 is 0 Å². The number of hydrogen-bond donors (Lipinski definition) is 1. The van der Waals surface area contributed by atoms with Crippen molar-refractivity contribution in [2.75, 3.05) is 6.61 Å². The van der Waals surface area contributed by atoms with Crippen LogP contribution in [0.5, 0.6) is 5.75 Å². The summed E-state index contributed by atoms with van der Waals surface area (Å²) in [4.78, 5) is 0. The molecule has 1 unspecified atom stereocenters. The number of fused-ring (bicyclic) bond motifs is 1. The second-order valence-corrected chi connectivity index (χ2v) is 5.39. The van der Waals surface area contributed by atoms with Crippen molar-refractivity contribution in [3.8, 4) is 16.9 Å². The highest BCUT2D eigenvalue weighted by molar-refractivity contribution is 5.73. The molecular weight excluding hydrogens is 246 g/mol. The summed E-state index contributed by atoms with van der Waals surface area (Å²) >= 11 is 0. The van der Waals surface area contributed by atoms with E-state index in [0.717, 1.165) is 31.6 Å². The third-order valence-corrected chi connectivity index (χ3v) is 4.00. The summed E-state index contributed by atoms with van der Waals surface area (Å²) in [5.41, 5.74) is 11.0. The van der Waals surface area contributed by atoms with E-state index in [1.807, 2.05) is 0 Å². The maximum Gasteiger partial charge on any atom is 0.130 e. The van der Waals surface area contributed by atoms with Crippen molar-refractivity contribution in [3.63, 3.8) is 0 Å². The second-order valence-electron chi connectivity index (χ2n) is 5.39. The lowest BCUT2D eigenvalue weighted by Gasteiger charge is -2.21. The van der Waals surface area contributed by atoms with Crippen LogP contribution in [-0.2, 0) is 6.42 Å². The number of para-hydroxylation sites is 1. The summed E-state index contributed by atoms with van der Waals surface area (Å²) in [6.07, 6.45) is 3.17. The Morgan fingerprint density at radius 2 is 2.05 bits per heavy atom. The molecule has 0 saturated heterocycles. The van der Waals surface area contributed by atoms with Crippen molar-refractivity contribution in [1.29, 1.82) is 0 Å². The van der Waals surface area contributed by atoms with E-state index in [9.17, 15) is 0 Å². The molecule has 0 saturated carbocycles. The zero-order chi connectivity index (χ0) is 13.9. The molecule has 2 aromatic rings. The van der Waals surface area contributed by atoms with Crippen molar-refractivity contribution < 1.29 is 4.74 Å². The van der Waals surface area contributed by atoms with Crippen LogP contribution in [0.3, 0.4) is 0 Å². The van der Waals surface area contributed by atoms with Gasteiger partial charge in [-0.2, -0.15) is 0 Å². The fourth-order valence-corrected chi connectivity index (χ4v) is 2.79. The molecule has 0 aliphatic carbocycles. The van der Waals surface area contributed by atoms with E-state index in [1.54, 1.807) is 0 Å². The molecule has 1 heterocycles. The number of nitrogens with two attached hydrogens (primary N) is 1. The van der Waals surface area contributed by atoms with Gasteiger partial charge in [0.15, 0.2) is 0 Å². The molecule has 0 amide bonds. The van der Waals surface area contributed by atoms with Gasteiger partial charge in [0.1, 0.15) is 5.75 Å². The Kier molecular flexibility index (Phi) is 3.75. The summed E-state index contributed by atoms with van der Waals surface area (Å²) in [6, 6.07) is 15.1. The Labute approximate surface area is 120 Å². The van der Waals surface area contributed by atoms with Crippen LogP contribution in [0, 0.1) is 0 Å². The molecule has 3 rings (SSSR count). The van der Waals surface area contributed by atoms with Crippen LogP contribution in [-0.4, -0.2) is 6.61 Å². The van der Waals surface area contributed by atoms with Gasteiger partial charge < -0.3 is 10.5 Å². The van der Waals surface area contributed by atoms with E-state index >= 15 is 0 Å². The van der Waals surface area contributed by atoms with Gasteiger partial charge in [-0.05, 0) is 42.0 Å². The van der Waals surface area contributed by atoms with Crippen LogP contribution in [0.25, 0.3) is 11.1 Å². The Hall–Kier alpha value is -1.80. The topological polar surface area (TPSA) is 35.2 Å². The van der Waals surface area contributed by atoms with Gasteiger partial charge in [0.2, 0.25) is 0 Å². The Morgan fingerprint density at radius 3 is 2.90 bits per heavy atom. The van der Waals surface area contributed by atoms with Crippen LogP contribution in [0.2, 0.25) is 0 Å². The number of hydrogen-bond acceptors (Lipinski definition) is 2. The fourth-order valence-electron chi connectivity index (χ4n) is 2.79. The lowest BCUT2D eigenvalue weighted by atomic mass is 9.95. The smallest absolute Gasteiger partial charge is 0.130 e. The Morgan fingerprint density at radius 1 is 1.20 bits per heavy atom. The lowest BCUT2D eigenvalue weighted by Crippen LogP contribution is -2.10. The van der Waals surface area contributed by atoms with Crippen LogP contribution in [0.15, 0.2) is 42.5 Å². The highest BCUT2D eigenvalue weighted by Gasteiger charge is 2.16. The molecule has 2 nitrogen and oxygen atoms in total. The predicted octanol–water partition coefficient (Wildman–Crippen LogP) is 4.09. The van der Waals surface area contributed by atoms with Gasteiger partial charge in [-0.1, -0.05) is 43.3 Å². The molecule has 104 valence electrons. The molecule has 0 radical (unpaired) electrons. The van der Waals surface area contributed by atoms with Gasteiger partial charge in [-0.3, -0.25) is 0 Å². The highest BCUT2D eigenvalue weighted by Crippen LogP contribution is 2.36. The van der Waals surface area contributed by atoms with Crippen molar-refractivity contribution in [2.45, 2.75) is 32.2 Å². The molecule has 0 fully saturated rings. The number of aryl methyl sites for hydroxylation is 1. The average Bonchev–Trinajstić information content (AvgIpc) is 2.53.